The molecule has 1 N–H and O–H groups in total. The first-order valence-corrected chi connectivity index (χ1v) is 8.32. The molecule has 2 fully saturated rings. The van der Waals surface area contributed by atoms with Gasteiger partial charge in [0.25, 0.3) is 5.69 Å². The molecule has 0 unspecified atom stereocenters. The third-order valence-corrected chi connectivity index (χ3v) is 4.74. The monoisotopic (exact) mass is 353 g/mol. The number of rotatable bonds is 5. The number of halogens is 1. The summed E-state index contributed by atoms with van der Waals surface area (Å²) in [6.07, 6.45) is 3.92. The minimum absolute atomic E-state index is 0. The van der Waals surface area contributed by atoms with Crippen LogP contribution in [0.1, 0.15) is 38.2 Å². The Labute approximate surface area is 148 Å². The van der Waals surface area contributed by atoms with E-state index in [9.17, 15) is 14.9 Å². The van der Waals surface area contributed by atoms with Gasteiger partial charge in [-0.2, -0.15) is 0 Å². The van der Waals surface area contributed by atoms with Crippen molar-refractivity contribution in [2.45, 2.75) is 51.2 Å². The molecule has 1 aromatic rings. The first-order valence-electron chi connectivity index (χ1n) is 8.32. The van der Waals surface area contributed by atoms with Crippen LogP contribution in [0.3, 0.4) is 0 Å². The summed E-state index contributed by atoms with van der Waals surface area (Å²) in [5, 5.41) is 14.1. The normalized spacial score (nSPS) is 23.2. The van der Waals surface area contributed by atoms with Crippen LogP contribution in [0.15, 0.2) is 24.3 Å². The molecule has 0 bridgehead atoms. The number of nitro benzene ring substituents is 1. The van der Waals surface area contributed by atoms with E-state index in [4.69, 9.17) is 0 Å². The third kappa shape index (κ3) is 4.45. The Hall–Kier alpha value is -1.66. The Balaban J connectivity index is 0.00000208. The van der Waals surface area contributed by atoms with Gasteiger partial charge in [0, 0.05) is 36.7 Å². The predicted octanol–water partition coefficient (Wildman–Crippen LogP) is 2.90. The first kappa shape index (κ1) is 18.7. The van der Waals surface area contributed by atoms with E-state index in [-0.39, 0.29) is 29.9 Å². The standard InChI is InChI=1S/C17H23N3O3.ClH/c1-12-10-14(8-9-18-12)17(21)19(15-6-7-15)11-13-2-4-16(5-3-13)20(22)23;/h2-5,12,14-15,18H,6-11H2,1H3;1H/t12-,14-;/m0./s1. The third-order valence-electron chi connectivity index (χ3n) is 4.74. The van der Waals surface area contributed by atoms with E-state index < -0.39 is 4.92 Å². The zero-order chi connectivity index (χ0) is 16.4. The fourth-order valence-corrected chi connectivity index (χ4v) is 3.28. The van der Waals surface area contributed by atoms with Gasteiger partial charge in [-0.15, -0.1) is 12.4 Å². The fraction of sp³-hybridized carbons (Fsp3) is 0.588. The van der Waals surface area contributed by atoms with Gasteiger partial charge in [-0.1, -0.05) is 12.1 Å². The minimum Gasteiger partial charge on any atom is -0.335 e. The summed E-state index contributed by atoms with van der Waals surface area (Å²) in [6, 6.07) is 7.27. The molecular formula is C17H24ClN3O3. The lowest BCUT2D eigenvalue weighted by Crippen LogP contribution is -2.44. The maximum absolute atomic E-state index is 12.9. The van der Waals surface area contributed by atoms with E-state index in [0.29, 0.717) is 18.6 Å². The van der Waals surface area contributed by atoms with Crippen molar-refractivity contribution in [3.05, 3.63) is 39.9 Å². The van der Waals surface area contributed by atoms with Crippen LogP contribution in [-0.2, 0) is 11.3 Å². The van der Waals surface area contributed by atoms with Gasteiger partial charge in [0.2, 0.25) is 5.91 Å². The van der Waals surface area contributed by atoms with Crippen LogP contribution in [0.4, 0.5) is 5.69 Å². The molecule has 132 valence electrons. The average molecular weight is 354 g/mol. The molecule has 1 aromatic carbocycles. The molecule has 2 atom stereocenters. The van der Waals surface area contributed by atoms with Crippen molar-refractivity contribution in [1.82, 2.24) is 10.2 Å². The Bertz CT molecular complexity index is 589. The SMILES string of the molecule is C[C@H]1C[C@@H](C(=O)N(Cc2ccc([N+](=O)[O-])cc2)C2CC2)CCN1.Cl. The molecule has 0 aromatic heterocycles. The number of carbonyl (C=O) groups excluding carboxylic acids is 1. The fourth-order valence-electron chi connectivity index (χ4n) is 3.28. The summed E-state index contributed by atoms with van der Waals surface area (Å²) in [5.41, 5.74) is 1.04. The highest BCUT2D eigenvalue weighted by atomic mass is 35.5. The number of hydrogen-bond donors (Lipinski definition) is 1. The summed E-state index contributed by atoms with van der Waals surface area (Å²) in [7, 11) is 0. The topological polar surface area (TPSA) is 75.5 Å². The van der Waals surface area contributed by atoms with Crippen LogP contribution in [0, 0.1) is 16.0 Å². The van der Waals surface area contributed by atoms with Gasteiger partial charge >= 0.3 is 0 Å². The van der Waals surface area contributed by atoms with E-state index in [1.54, 1.807) is 12.1 Å². The zero-order valence-corrected chi connectivity index (χ0v) is 14.6. The average Bonchev–Trinajstić information content (AvgIpc) is 3.37. The van der Waals surface area contributed by atoms with Crippen molar-refractivity contribution in [3.8, 4) is 0 Å². The number of benzene rings is 1. The molecule has 24 heavy (non-hydrogen) atoms. The second kappa shape index (κ2) is 7.94. The molecule has 6 nitrogen and oxygen atoms in total. The lowest BCUT2D eigenvalue weighted by molar-refractivity contribution is -0.384. The van der Waals surface area contributed by atoms with Crippen molar-refractivity contribution in [3.63, 3.8) is 0 Å². The van der Waals surface area contributed by atoms with Crippen LogP contribution in [0.25, 0.3) is 0 Å². The molecule has 1 aliphatic carbocycles. The van der Waals surface area contributed by atoms with E-state index in [0.717, 1.165) is 37.8 Å². The van der Waals surface area contributed by atoms with Crippen molar-refractivity contribution in [2.75, 3.05) is 6.54 Å². The number of nitro groups is 1. The summed E-state index contributed by atoms with van der Waals surface area (Å²) < 4.78 is 0. The van der Waals surface area contributed by atoms with Gasteiger partial charge in [-0.25, -0.2) is 0 Å². The summed E-state index contributed by atoms with van der Waals surface area (Å²) in [4.78, 5) is 25.2. The molecule has 2 aliphatic rings. The number of non-ortho nitro benzene ring substituents is 1. The molecule has 3 rings (SSSR count). The first-order chi connectivity index (χ1) is 11.0. The maximum Gasteiger partial charge on any atom is 0.269 e. The minimum atomic E-state index is -0.399. The Morgan fingerprint density at radius 3 is 2.50 bits per heavy atom. The highest BCUT2D eigenvalue weighted by Gasteiger charge is 2.36. The second-order valence-electron chi connectivity index (χ2n) is 6.70. The summed E-state index contributed by atoms with van der Waals surface area (Å²) in [5.74, 6) is 0.351. The summed E-state index contributed by atoms with van der Waals surface area (Å²) in [6.45, 7) is 3.57. The van der Waals surface area contributed by atoms with E-state index in [2.05, 4.69) is 12.2 Å². The Morgan fingerprint density at radius 2 is 1.96 bits per heavy atom. The molecule has 1 saturated heterocycles. The highest BCUT2D eigenvalue weighted by molar-refractivity contribution is 5.85. The van der Waals surface area contributed by atoms with E-state index in [1.807, 2.05) is 4.90 Å². The van der Waals surface area contributed by atoms with Gasteiger partial charge in [0.05, 0.1) is 4.92 Å². The van der Waals surface area contributed by atoms with Crippen LogP contribution < -0.4 is 5.32 Å². The number of hydrogen-bond acceptors (Lipinski definition) is 4. The van der Waals surface area contributed by atoms with Crippen molar-refractivity contribution in [2.24, 2.45) is 5.92 Å². The largest absolute Gasteiger partial charge is 0.335 e. The van der Waals surface area contributed by atoms with Gasteiger partial charge in [0.15, 0.2) is 0 Å². The van der Waals surface area contributed by atoms with Gasteiger partial charge in [0.1, 0.15) is 0 Å². The number of piperidine rings is 1. The molecule has 7 heteroatoms. The molecular weight excluding hydrogens is 330 g/mol. The van der Waals surface area contributed by atoms with Crippen molar-refractivity contribution >= 4 is 24.0 Å². The summed E-state index contributed by atoms with van der Waals surface area (Å²) >= 11 is 0. The quantitative estimate of drug-likeness (QED) is 0.652. The smallest absolute Gasteiger partial charge is 0.269 e. The lowest BCUT2D eigenvalue weighted by atomic mass is 9.91. The molecule has 1 heterocycles. The van der Waals surface area contributed by atoms with E-state index >= 15 is 0 Å². The predicted molar refractivity (Wildman–Crippen MR) is 94.1 cm³/mol. The lowest BCUT2D eigenvalue weighted by Gasteiger charge is -2.32. The van der Waals surface area contributed by atoms with Crippen LogP contribution in [0.2, 0.25) is 0 Å². The number of nitrogens with one attached hydrogen (secondary N) is 1. The van der Waals surface area contributed by atoms with Crippen LogP contribution in [-0.4, -0.2) is 34.4 Å². The second-order valence-corrected chi connectivity index (χ2v) is 6.70. The van der Waals surface area contributed by atoms with Crippen molar-refractivity contribution in [1.29, 1.82) is 0 Å². The number of carbonyl (C=O) groups is 1. The zero-order valence-electron chi connectivity index (χ0n) is 13.8. The molecule has 0 radical (unpaired) electrons. The van der Waals surface area contributed by atoms with Gasteiger partial charge < -0.3 is 10.2 Å². The van der Waals surface area contributed by atoms with Gasteiger partial charge in [-0.05, 0) is 44.7 Å². The highest BCUT2D eigenvalue weighted by Crippen LogP contribution is 2.32. The maximum atomic E-state index is 12.9. The van der Waals surface area contributed by atoms with Crippen molar-refractivity contribution < 1.29 is 9.72 Å². The van der Waals surface area contributed by atoms with E-state index in [1.165, 1.54) is 12.1 Å². The molecule has 1 saturated carbocycles. The molecule has 1 amide bonds. The Kier molecular flexibility index (Phi) is 6.18. The molecule has 1 aliphatic heterocycles. The van der Waals surface area contributed by atoms with Crippen LogP contribution >= 0.6 is 12.4 Å². The van der Waals surface area contributed by atoms with Crippen LogP contribution in [0.5, 0.6) is 0 Å². The number of amides is 1. The molecule has 0 spiro atoms. The number of nitrogens with zero attached hydrogens (tertiary/aromatic N) is 2. The Morgan fingerprint density at radius 1 is 1.29 bits per heavy atom. The van der Waals surface area contributed by atoms with Gasteiger partial charge in [-0.3, -0.25) is 14.9 Å².